The van der Waals surface area contributed by atoms with Crippen molar-refractivity contribution in [3.8, 4) is 0 Å². The number of benzene rings is 2. The Morgan fingerprint density at radius 1 is 0.955 bits per heavy atom. The van der Waals surface area contributed by atoms with Crippen molar-refractivity contribution in [1.29, 1.82) is 0 Å². The van der Waals surface area contributed by atoms with E-state index in [9.17, 15) is 14.4 Å². The molecule has 0 saturated carbocycles. The number of carbonyl (C=O) groups excluding carboxylic acids is 3. The van der Waals surface area contributed by atoms with Crippen LogP contribution < -0.4 is 0 Å². The van der Waals surface area contributed by atoms with Crippen LogP contribution in [-0.2, 0) is 9.53 Å². The molecule has 2 aromatic rings. The van der Waals surface area contributed by atoms with Crippen LogP contribution in [0.2, 0.25) is 0 Å². The Kier molecular flexibility index (Phi) is 3.54. The van der Waals surface area contributed by atoms with E-state index < -0.39 is 11.3 Å². The maximum Gasteiger partial charge on any atom is 0.328 e. The average molecular weight is 315 g/mol. The lowest BCUT2D eigenvalue weighted by molar-refractivity contribution is -0.140. The molecule has 0 radical (unpaired) electrons. The van der Waals surface area contributed by atoms with Crippen LogP contribution in [0.4, 0.5) is 0 Å². The zero-order valence-electron chi connectivity index (χ0n) is 11.6. The second-order valence-electron chi connectivity index (χ2n) is 4.86. The van der Waals surface area contributed by atoms with Crippen molar-refractivity contribution in [2.45, 2.75) is 5.38 Å². The van der Waals surface area contributed by atoms with E-state index in [1.54, 1.807) is 42.5 Å². The molecule has 0 saturated heterocycles. The first kappa shape index (κ1) is 14.5. The summed E-state index contributed by atoms with van der Waals surface area (Å²) in [5, 5.41) is -1.14. The number of esters is 1. The lowest BCUT2D eigenvalue weighted by atomic mass is 9.81. The number of rotatable bonds is 2. The van der Waals surface area contributed by atoms with Crippen LogP contribution in [0.3, 0.4) is 0 Å². The lowest BCUT2D eigenvalue weighted by Gasteiger charge is -2.21. The van der Waals surface area contributed by atoms with Crippen molar-refractivity contribution < 1.29 is 19.1 Å². The summed E-state index contributed by atoms with van der Waals surface area (Å²) >= 11 is 6.10. The minimum absolute atomic E-state index is 0.177. The first-order valence-corrected chi connectivity index (χ1v) is 7.03. The second-order valence-corrected chi connectivity index (χ2v) is 5.30. The van der Waals surface area contributed by atoms with Gasteiger partial charge in [-0.3, -0.25) is 14.4 Å². The number of hydrogen-bond acceptors (Lipinski definition) is 4. The molecule has 1 aliphatic rings. The number of halogens is 1. The Hall–Kier alpha value is -2.46. The number of hydrogen-bond donors (Lipinski definition) is 0. The van der Waals surface area contributed by atoms with Crippen LogP contribution in [0.25, 0.3) is 0 Å². The zero-order chi connectivity index (χ0) is 15.9. The fourth-order valence-corrected chi connectivity index (χ4v) is 2.88. The maximum atomic E-state index is 12.7. The van der Waals surface area contributed by atoms with Crippen molar-refractivity contribution in [3.05, 3.63) is 70.3 Å². The molecular formula is C17H11ClO4. The minimum Gasteiger partial charge on any atom is -0.468 e. The molecule has 0 aliphatic heterocycles. The highest BCUT2D eigenvalue weighted by Gasteiger charge is 2.34. The third-order valence-corrected chi connectivity index (χ3v) is 4.08. The molecule has 0 N–H and O–H groups in total. The summed E-state index contributed by atoms with van der Waals surface area (Å²) in [5.41, 5.74) is 1.41. The number of ketones is 2. The quantitative estimate of drug-likeness (QED) is 0.539. The SMILES string of the molecule is COC(=O)[C@@H](Cl)c1cccc2c1C(=O)c1ccccc1C2=O. The van der Waals surface area contributed by atoms with Crippen molar-refractivity contribution in [3.63, 3.8) is 0 Å². The molecule has 1 atom stereocenters. The van der Waals surface area contributed by atoms with Crippen molar-refractivity contribution in [2.75, 3.05) is 7.11 Å². The highest BCUT2D eigenvalue weighted by molar-refractivity contribution is 6.33. The van der Waals surface area contributed by atoms with Gasteiger partial charge in [-0.25, -0.2) is 0 Å². The number of fused-ring (bicyclic) bond motifs is 2. The number of methoxy groups -OCH3 is 1. The first-order valence-electron chi connectivity index (χ1n) is 6.59. The molecule has 0 fully saturated rings. The van der Waals surface area contributed by atoms with Gasteiger partial charge in [-0.2, -0.15) is 0 Å². The van der Waals surface area contributed by atoms with E-state index in [0.717, 1.165) is 0 Å². The van der Waals surface area contributed by atoms with Gasteiger partial charge in [0.1, 0.15) is 0 Å². The highest BCUT2D eigenvalue weighted by atomic mass is 35.5. The summed E-state index contributed by atoms with van der Waals surface area (Å²) in [6.07, 6.45) is 0. The topological polar surface area (TPSA) is 60.4 Å². The molecule has 0 unspecified atom stereocenters. The predicted octanol–water partition coefficient (Wildman–Crippen LogP) is 2.91. The smallest absolute Gasteiger partial charge is 0.328 e. The van der Waals surface area contributed by atoms with Crippen molar-refractivity contribution in [1.82, 2.24) is 0 Å². The Morgan fingerprint density at radius 2 is 1.55 bits per heavy atom. The van der Waals surface area contributed by atoms with Crippen LogP contribution in [0.1, 0.15) is 42.8 Å². The molecular weight excluding hydrogens is 304 g/mol. The van der Waals surface area contributed by atoms with E-state index in [1.807, 2.05) is 0 Å². The van der Waals surface area contributed by atoms with E-state index in [4.69, 9.17) is 11.6 Å². The van der Waals surface area contributed by atoms with Gasteiger partial charge < -0.3 is 4.74 Å². The minimum atomic E-state index is -1.14. The van der Waals surface area contributed by atoms with Gasteiger partial charge in [-0.15, -0.1) is 11.6 Å². The summed E-state index contributed by atoms with van der Waals surface area (Å²) in [5.74, 6) is -1.23. The van der Waals surface area contributed by atoms with Gasteiger partial charge >= 0.3 is 5.97 Å². The van der Waals surface area contributed by atoms with E-state index in [0.29, 0.717) is 16.7 Å². The molecule has 2 aromatic carbocycles. The molecule has 22 heavy (non-hydrogen) atoms. The molecule has 0 amide bonds. The van der Waals surface area contributed by atoms with Gasteiger partial charge in [0.25, 0.3) is 0 Å². The van der Waals surface area contributed by atoms with E-state index >= 15 is 0 Å². The number of alkyl halides is 1. The van der Waals surface area contributed by atoms with Gasteiger partial charge in [0.05, 0.1) is 7.11 Å². The van der Waals surface area contributed by atoms with Crippen LogP contribution in [0, 0.1) is 0 Å². The van der Waals surface area contributed by atoms with Gasteiger partial charge in [0, 0.05) is 22.3 Å². The summed E-state index contributed by atoms with van der Waals surface area (Å²) < 4.78 is 4.62. The van der Waals surface area contributed by atoms with Crippen LogP contribution in [0.5, 0.6) is 0 Å². The molecule has 0 heterocycles. The molecule has 0 aromatic heterocycles. The van der Waals surface area contributed by atoms with Crippen molar-refractivity contribution >= 4 is 29.1 Å². The molecule has 0 spiro atoms. The Bertz CT molecular complexity index is 810. The van der Waals surface area contributed by atoms with E-state index in [-0.39, 0.29) is 22.7 Å². The third-order valence-electron chi connectivity index (χ3n) is 3.67. The van der Waals surface area contributed by atoms with Gasteiger partial charge in [-0.05, 0) is 5.56 Å². The van der Waals surface area contributed by atoms with Crippen LogP contribution in [0.15, 0.2) is 42.5 Å². The van der Waals surface area contributed by atoms with E-state index in [1.165, 1.54) is 7.11 Å². The van der Waals surface area contributed by atoms with Gasteiger partial charge in [0.15, 0.2) is 16.9 Å². The fraction of sp³-hybridized carbons (Fsp3) is 0.118. The number of ether oxygens (including phenoxy) is 1. The van der Waals surface area contributed by atoms with Crippen LogP contribution >= 0.6 is 11.6 Å². The number of carbonyl (C=O) groups is 3. The summed E-state index contributed by atoms with van der Waals surface area (Å²) in [6, 6.07) is 11.3. The normalized spacial score (nSPS) is 14.1. The Balaban J connectivity index is 2.23. The lowest BCUT2D eigenvalue weighted by Crippen LogP contribution is -2.24. The largest absolute Gasteiger partial charge is 0.468 e. The van der Waals surface area contributed by atoms with Crippen molar-refractivity contribution in [2.24, 2.45) is 0 Å². The summed E-state index contributed by atoms with van der Waals surface area (Å²) in [4.78, 5) is 37.0. The average Bonchev–Trinajstić information content (AvgIpc) is 2.57. The standard InChI is InChI=1S/C17H11ClO4/c1-22-17(21)14(18)11-7-4-8-12-13(11)16(20)10-6-3-2-5-9(10)15(12)19/h2-8,14H,1H3/t14-/m0/s1. The molecule has 1 aliphatic carbocycles. The van der Waals surface area contributed by atoms with E-state index in [2.05, 4.69) is 4.74 Å². The zero-order valence-corrected chi connectivity index (χ0v) is 12.4. The van der Waals surface area contributed by atoms with Gasteiger partial charge in [-0.1, -0.05) is 42.5 Å². The molecule has 110 valence electrons. The predicted molar refractivity (Wildman–Crippen MR) is 80.4 cm³/mol. The summed E-state index contributed by atoms with van der Waals surface area (Å²) in [6.45, 7) is 0. The van der Waals surface area contributed by atoms with Gasteiger partial charge in [0.2, 0.25) is 0 Å². The Morgan fingerprint density at radius 3 is 2.18 bits per heavy atom. The molecule has 5 heteroatoms. The molecule has 4 nitrogen and oxygen atoms in total. The molecule has 3 rings (SSSR count). The Labute approximate surface area is 131 Å². The van der Waals surface area contributed by atoms with Crippen LogP contribution in [-0.4, -0.2) is 24.6 Å². The molecule has 0 bridgehead atoms. The monoisotopic (exact) mass is 314 g/mol. The summed E-state index contributed by atoms with van der Waals surface area (Å²) in [7, 11) is 1.22. The third kappa shape index (κ3) is 2.04. The maximum absolute atomic E-state index is 12.7. The fourth-order valence-electron chi connectivity index (χ4n) is 2.61. The highest BCUT2D eigenvalue weighted by Crippen LogP contribution is 2.34. The first-order chi connectivity index (χ1) is 10.6. The second kappa shape index (κ2) is 5.39.